The molecule has 1 aliphatic heterocycles. The fourth-order valence-electron chi connectivity index (χ4n) is 2.50. The van der Waals surface area contributed by atoms with Gasteiger partial charge in [0.2, 0.25) is 0 Å². The Morgan fingerprint density at radius 2 is 2.04 bits per heavy atom. The Morgan fingerprint density at radius 3 is 2.60 bits per heavy atom. The highest BCUT2D eigenvalue weighted by Gasteiger charge is 2.39. The molecule has 25 heavy (non-hydrogen) atoms. The summed E-state index contributed by atoms with van der Waals surface area (Å²) in [7, 11) is -3.13. The summed E-state index contributed by atoms with van der Waals surface area (Å²) in [6.07, 6.45) is 3.02. The minimum Gasteiger partial charge on any atom is -0.452 e. The highest BCUT2D eigenvalue weighted by atomic mass is 32.2. The normalized spacial score (nSPS) is 21.6. The molecule has 0 aliphatic carbocycles. The number of carbonyl (C=O) groups is 2. The molecule has 0 spiro atoms. The molecule has 1 aromatic carbocycles. The molecular weight excluding hydrogens is 344 g/mol. The molecule has 0 saturated carbocycles. The SMILES string of the molecule is C[C@]1(NC(=O)COC(=O)/C=C/c2ccc(C#N)cc2)CCS(=O)(=O)C1. The van der Waals surface area contributed by atoms with Gasteiger partial charge < -0.3 is 10.1 Å². The second-order valence-corrected chi connectivity index (χ2v) is 8.31. The van der Waals surface area contributed by atoms with Crippen molar-refractivity contribution in [2.24, 2.45) is 0 Å². The number of nitrogens with one attached hydrogen (secondary N) is 1. The largest absolute Gasteiger partial charge is 0.452 e. The van der Waals surface area contributed by atoms with Gasteiger partial charge in [-0.25, -0.2) is 13.2 Å². The molecule has 0 bridgehead atoms. The smallest absolute Gasteiger partial charge is 0.331 e. The Balaban J connectivity index is 1.80. The number of hydrogen-bond acceptors (Lipinski definition) is 6. The first-order valence-electron chi connectivity index (χ1n) is 7.58. The summed E-state index contributed by atoms with van der Waals surface area (Å²) in [6, 6.07) is 8.59. The van der Waals surface area contributed by atoms with E-state index in [4.69, 9.17) is 10.00 Å². The Bertz CT molecular complexity index is 837. The molecular formula is C17H18N2O5S. The van der Waals surface area contributed by atoms with Crippen LogP contribution in [-0.4, -0.2) is 43.9 Å². The number of carbonyl (C=O) groups excluding carboxylic acids is 2. The summed E-state index contributed by atoms with van der Waals surface area (Å²) < 4.78 is 27.8. The molecule has 0 unspecified atom stereocenters. The van der Waals surface area contributed by atoms with Crippen LogP contribution in [0.3, 0.4) is 0 Å². The molecule has 0 aromatic heterocycles. The van der Waals surface area contributed by atoms with Crippen LogP contribution in [0.25, 0.3) is 6.08 Å². The number of amides is 1. The van der Waals surface area contributed by atoms with E-state index in [0.717, 1.165) is 0 Å². The minimum atomic E-state index is -3.13. The summed E-state index contributed by atoms with van der Waals surface area (Å²) in [6.45, 7) is 1.17. The van der Waals surface area contributed by atoms with Crippen LogP contribution in [0, 0.1) is 11.3 Å². The van der Waals surface area contributed by atoms with Crippen LogP contribution in [0.2, 0.25) is 0 Å². The lowest BCUT2D eigenvalue weighted by molar-refractivity contribution is -0.144. The molecule has 1 aromatic rings. The van der Waals surface area contributed by atoms with E-state index in [2.05, 4.69) is 5.32 Å². The number of nitriles is 1. The van der Waals surface area contributed by atoms with Crippen LogP contribution in [0.15, 0.2) is 30.3 Å². The predicted octanol–water partition coefficient (Wildman–Crippen LogP) is 0.808. The summed E-state index contributed by atoms with van der Waals surface area (Å²) >= 11 is 0. The highest BCUT2D eigenvalue weighted by Crippen LogP contribution is 2.22. The highest BCUT2D eigenvalue weighted by molar-refractivity contribution is 7.91. The predicted molar refractivity (Wildman–Crippen MR) is 91.0 cm³/mol. The maximum Gasteiger partial charge on any atom is 0.331 e. The van der Waals surface area contributed by atoms with Crippen LogP contribution < -0.4 is 5.32 Å². The van der Waals surface area contributed by atoms with E-state index in [1.165, 1.54) is 12.2 Å². The van der Waals surface area contributed by atoms with E-state index in [0.29, 0.717) is 17.5 Å². The quantitative estimate of drug-likeness (QED) is 0.612. The van der Waals surface area contributed by atoms with Crippen molar-refractivity contribution in [1.82, 2.24) is 5.32 Å². The lowest BCUT2D eigenvalue weighted by atomic mass is 10.0. The molecule has 1 heterocycles. The van der Waals surface area contributed by atoms with Crippen molar-refractivity contribution in [3.05, 3.63) is 41.5 Å². The van der Waals surface area contributed by atoms with E-state index >= 15 is 0 Å². The van der Waals surface area contributed by atoms with Crippen molar-refractivity contribution in [2.75, 3.05) is 18.1 Å². The molecule has 1 aliphatic rings. The summed E-state index contributed by atoms with van der Waals surface area (Å²) in [4.78, 5) is 23.5. The van der Waals surface area contributed by atoms with Crippen molar-refractivity contribution >= 4 is 27.8 Å². The van der Waals surface area contributed by atoms with Gasteiger partial charge in [0.15, 0.2) is 16.4 Å². The first-order valence-corrected chi connectivity index (χ1v) is 9.40. The van der Waals surface area contributed by atoms with E-state index in [1.54, 1.807) is 31.2 Å². The van der Waals surface area contributed by atoms with E-state index in [1.807, 2.05) is 6.07 Å². The fraction of sp³-hybridized carbons (Fsp3) is 0.353. The minimum absolute atomic E-state index is 0.0386. The van der Waals surface area contributed by atoms with Gasteiger partial charge >= 0.3 is 5.97 Å². The van der Waals surface area contributed by atoms with Crippen molar-refractivity contribution in [3.63, 3.8) is 0 Å². The maximum atomic E-state index is 11.8. The Morgan fingerprint density at radius 1 is 1.36 bits per heavy atom. The van der Waals surface area contributed by atoms with Crippen molar-refractivity contribution in [2.45, 2.75) is 18.9 Å². The molecule has 2 rings (SSSR count). The van der Waals surface area contributed by atoms with Crippen LogP contribution in [0.1, 0.15) is 24.5 Å². The third-order valence-electron chi connectivity index (χ3n) is 3.74. The molecule has 132 valence electrons. The maximum absolute atomic E-state index is 11.8. The van der Waals surface area contributed by atoms with Crippen LogP contribution >= 0.6 is 0 Å². The first kappa shape index (κ1) is 18.7. The zero-order valence-corrected chi connectivity index (χ0v) is 14.5. The van der Waals surface area contributed by atoms with Gasteiger partial charge in [0.05, 0.1) is 28.7 Å². The van der Waals surface area contributed by atoms with Crippen LogP contribution in [0.4, 0.5) is 0 Å². The molecule has 1 saturated heterocycles. The molecule has 1 N–H and O–H groups in total. The van der Waals surface area contributed by atoms with Gasteiger partial charge in [0, 0.05) is 6.08 Å². The third-order valence-corrected chi connectivity index (χ3v) is 5.64. The van der Waals surface area contributed by atoms with Gasteiger partial charge in [-0.3, -0.25) is 4.79 Å². The van der Waals surface area contributed by atoms with Crippen molar-refractivity contribution < 1.29 is 22.7 Å². The zero-order valence-electron chi connectivity index (χ0n) is 13.7. The first-order chi connectivity index (χ1) is 11.7. The van der Waals surface area contributed by atoms with Gasteiger partial charge in [-0.1, -0.05) is 12.1 Å². The molecule has 1 fully saturated rings. The summed E-state index contributed by atoms with van der Waals surface area (Å²) in [5.41, 5.74) is 0.406. The molecule has 8 heteroatoms. The van der Waals surface area contributed by atoms with E-state index < -0.39 is 33.9 Å². The number of rotatable bonds is 5. The lowest BCUT2D eigenvalue weighted by Gasteiger charge is -2.23. The molecule has 1 atom stereocenters. The molecule has 0 radical (unpaired) electrons. The second-order valence-electron chi connectivity index (χ2n) is 6.13. The Labute approximate surface area is 146 Å². The lowest BCUT2D eigenvalue weighted by Crippen LogP contribution is -2.48. The monoisotopic (exact) mass is 362 g/mol. The van der Waals surface area contributed by atoms with Crippen LogP contribution in [-0.2, 0) is 24.2 Å². The van der Waals surface area contributed by atoms with Gasteiger partial charge in [0.1, 0.15) is 0 Å². The summed E-state index contributed by atoms with van der Waals surface area (Å²) in [5, 5.41) is 11.3. The number of ether oxygens (including phenoxy) is 1. The van der Waals surface area contributed by atoms with Crippen LogP contribution in [0.5, 0.6) is 0 Å². The molecule has 1 amide bonds. The number of sulfone groups is 1. The van der Waals surface area contributed by atoms with Gasteiger partial charge in [0.25, 0.3) is 5.91 Å². The zero-order chi connectivity index (χ0) is 18.5. The number of benzene rings is 1. The average molecular weight is 362 g/mol. The number of hydrogen-bond donors (Lipinski definition) is 1. The van der Waals surface area contributed by atoms with Gasteiger partial charge in [-0.05, 0) is 37.1 Å². The Kier molecular flexibility index (Phi) is 5.59. The summed E-state index contributed by atoms with van der Waals surface area (Å²) in [5.74, 6) is -1.31. The Hall–Kier alpha value is -2.66. The van der Waals surface area contributed by atoms with E-state index in [-0.39, 0.29) is 11.5 Å². The molecule has 7 nitrogen and oxygen atoms in total. The average Bonchev–Trinajstić information content (AvgIpc) is 2.84. The van der Waals surface area contributed by atoms with Gasteiger partial charge in [-0.2, -0.15) is 5.26 Å². The fourth-order valence-corrected chi connectivity index (χ4v) is 4.59. The number of nitrogens with zero attached hydrogens (tertiary/aromatic N) is 1. The van der Waals surface area contributed by atoms with E-state index in [9.17, 15) is 18.0 Å². The third kappa shape index (κ3) is 5.72. The topological polar surface area (TPSA) is 113 Å². The van der Waals surface area contributed by atoms with Gasteiger partial charge in [-0.15, -0.1) is 0 Å². The van der Waals surface area contributed by atoms with Crippen molar-refractivity contribution in [3.8, 4) is 6.07 Å². The second kappa shape index (κ2) is 7.49. The number of esters is 1. The standard InChI is InChI=1S/C17H18N2O5S/c1-17(8-9-25(22,23)12-17)19-15(20)11-24-16(21)7-6-13-2-4-14(10-18)5-3-13/h2-7H,8-9,11-12H2,1H3,(H,19,20)/b7-6+/t17-/m0/s1. The van der Waals surface area contributed by atoms with Crippen molar-refractivity contribution in [1.29, 1.82) is 5.26 Å².